The summed E-state index contributed by atoms with van der Waals surface area (Å²) in [7, 11) is 0. The molecule has 0 aliphatic heterocycles. The van der Waals surface area contributed by atoms with E-state index in [1.807, 2.05) is 0 Å². The van der Waals surface area contributed by atoms with Crippen LogP contribution in [0.2, 0.25) is 0 Å². The quantitative estimate of drug-likeness (QED) is 0.826. The summed E-state index contributed by atoms with van der Waals surface area (Å²) in [5, 5.41) is 9.35. The lowest BCUT2D eigenvalue weighted by atomic mass is 10.0. The molecule has 1 aromatic carbocycles. The molecule has 0 aliphatic rings. The molecule has 1 aromatic rings. The number of rotatable bonds is 3. The Kier molecular flexibility index (Phi) is 4.44. The van der Waals surface area contributed by atoms with Crippen LogP contribution in [0.25, 0.3) is 0 Å². The number of hydrogen-bond donors (Lipinski definition) is 1. The van der Waals surface area contributed by atoms with Gasteiger partial charge in [-0.05, 0) is 24.6 Å². The summed E-state index contributed by atoms with van der Waals surface area (Å²) in [4.78, 5) is 0. The normalized spacial score (nSPS) is 14.5. The number of hydrogen-bond acceptors (Lipinski definition) is 1. The predicted octanol–water partition coefficient (Wildman–Crippen LogP) is 4.22. The van der Waals surface area contributed by atoms with Crippen molar-refractivity contribution in [1.82, 2.24) is 0 Å². The molecule has 0 fully saturated rings. The number of aliphatic hydroxyl groups is 1. The SMILES string of the molecule is OC(CCC(F)(F)F)c1cc(C(F)(F)F)ccc1F. The highest BCUT2D eigenvalue weighted by molar-refractivity contribution is 5.28. The minimum Gasteiger partial charge on any atom is -0.388 e. The van der Waals surface area contributed by atoms with Gasteiger partial charge in [0.15, 0.2) is 0 Å². The van der Waals surface area contributed by atoms with Gasteiger partial charge in [0.1, 0.15) is 5.82 Å². The highest BCUT2D eigenvalue weighted by Crippen LogP contribution is 2.34. The summed E-state index contributed by atoms with van der Waals surface area (Å²) in [6, 6.07) is 1.24. The third kappa shape index (κ3) is 4.70. The lowest BCUT2D eigenvalue weighted by Crippen LogP contribution is -2.12. The van der Waals surface area contributed by atoms with Crippen molar-refractivity contribution in [2.45, 2.75) is 31.3 Å². The van der Waals surface area contributed by atoms with Crippen LogP contribution in [0.1, 0.15) is 30.1 Å². The molecule has 0 radical (unpaired) electrons. The molecule has 1 rings (SSSR count). The van der Waals surface area contributed by atoms with E-state index >= 15 is 0 Å². The number of halogens is 7. The first kappa shape index (κ1) is 15.7. The van der Waals surface area contributed by atoms with Gasteiger partial charge in [-0.2, -0.15) is 26.3 Å². The van der Waals surface area contributed by atoms with Crippen LogP contribution in [0, 0.1) is 5.82 Å². The highest BCUT2D eigenvalue weighted by Gasteiger charge is 2.33. The van der Waals surface area contributed by atoms with Crippen molar-refractivity contribution in [2.24, 2.45) is 0 Å². The Hall–Kier alpha value is -1.31. The van der Waals surface area contributed by atoms with E-state index in [-0.39, 0.29) is 0 Å². The Labute approximate surface area is 103 Å². The summed E-state index contributed by atoms with van der Waals surface area (Å²) < 4.78 is 86.0. The van der Waals surface area contributed by atoms with Crippen LogP contribution >= 0.6 is 0 Å². The van der Waals surface area contributed by atoms with E-state index in [9.17, 15) is 35.8 Å². The molecule has 19 heavy (non-hydrogen) atoms. The zero-order valence-electron chi connectivity index (χ0n) is 9.32. The van der Waals surface area contributed by atoms with Gasteiger partial charge in [0.2, 0.25) is 0 Å². The first-order chi connectivity index (χ1) is 8.50. The largest absolute Gasteiger partial charge is 0.416 e. The molecule has 1 N–H and O–H groups in total. The fraction of sp³-hybridized carbons (Fsp3) is 0.455. The molecule has 8 heteroatoms. The van der Waals surface area contributed by atoms with Gasteiger partial charge >= 0.3 is 12.4 Å². The zero-order valence-corrected chi connectivity index (χ0v) is 9.32. The minimum atomic E-state index is -4.76. The van der Waals surface area contributed by atoms with E-state index < -0.39 is 48.2 Å². The second-order valence-corrected chi connectivity index (χ2v) is 3.90. The van der Waals surface area contributed by atoms with E-state index in [2.05, 4.69) is 0 Å². The molecule has 1 atom stereocenters. The van der Waals surface area contributed by atoms with E-state index in [0.717, 1.165) is 0 Å². The summed E-state index contributed by atoms with van der Waals surface area (Å²) in [6.07, 6.45) is -13.6. The van der Waals surface area contributed by atoms with Gasteiger partial charge in [-0.25, -0.2) is 4.39 Å². The lowest BCUT2D eigenvalue weighted by Gasteiger charge is -2.15. The van der Waals surface area contributed by atoms with Crippen LogP contribution in [0.4, 0.5) is 30.7 Å². The van der Waals surface area contributed by atoms with Crippen molar-refractivity contribution in [3.8, 4) is 0 Å². The van der Waals surface area contributed by atoms with Crippen molar-refractivity contribution in [2.75, 3.05) is 0 Å². The van der Waals surface area contributed by atoms with E-state index in [4.69, 9.17) is 0 Å². The number of alkyl halides is 6. The lowest BCUT2D eigenvalue weighted by molar-refractivity contribution is -0.141. The van der Waals surface area contributed by atoms with Crippen LogP contribution in [0.15, 0.2) is 18.2 Å². The van der Waals surface area contributed by atoms with Crippen LogP contribution in [0.3, 0.4) is 0 Å². The second kappa shape index (κ2) is 5.36. The molecule has 0 bridgehead atoms. The first-order valence-corrected chi connectivity index (χ1v) is 5.12. The molecule has 0 saturated heterocycles. The van der Waals surface area contributed by atoms with Gasteiger partial charge in [-0.1, -0.05) is 0 Å². The average Bonchev–Trinajstić information content (AvgIpc) is 2.24. The van der Waals surface area contributed by atoms with Crippen molar-refractivity contribution in [1.29, 1.82) is 0 Å². The van der Waals surface area contributed by atoms with Crippen molar-refractivity contribution < 1.29 is 35.8 Å². The van der Waals surface area contributed by atoms with Gasteiger partial charge in [0.25, 0.3) is 0 Å². The molecule has 0 aliphatic carbocycles. The fourth-order valence-corrected chi connectivity index (χ4v) is 1.43. The van der Waals surface area contributed by atoms with Gasteiger partial charge in [-0.15, -0.1) is 0 Å². The maximum atomic E-state index is 13.2. The molecule has 0 aromatic heterocycles. The highest BCUT2D eigenvalue weighted by atomic mass is 19.4. The van der Waals surface area contributed by atoms with Crippen LogP contribution in [-0.4, -0.2) is 11.3 Å². The Morgan fingerprint density at radius 2 is 1.63 bits per heavy atom. The molecular formula is C11H9F7O. The Morgan fingerprint density at radius 3 is 2.11 bits per heavy atom. The van der Waals surface area contributed by atoms with Crippen molar-refractivity contribution in [3.63, 3.8) is 0 Å². The monoisotopic (exact) mass is 290 g/mol. The molecular weight excluding hydrogens is 281 g/mol. The number of aliphatic hydroxyl groups excluding tert-OH is 1. The zero-order chi connectivity index (χ0) is 14.8. The Balaban J connectivity index is 2.93. The van der Waals surface area contributed by atoms with Crippen LogP contribution < -0.4 is 0 Å². The maximum absolute atomic E-state index is 13.2. The Bertz CT molecular complexity index is 436. The van der Waals surface area contributed by atoms with Crippen molar-refractivity contribution >= 4 is 0 Å². The molecule has 0 heterocycles. The average molecular weight is 290 g/mol. The van der Waals surface area contributed by atoms with Crippen LogP contribution in [-0.2, 0) is 6.18 Å². The molecule has 1 nitrogen and oxygen atoms in total. The first-order valence-electron chi connectivity index (χ1n) is 5.12. The van der Waals surface area contributed by atoms with E-state index in [1.165, 1.54) is 0 Å². The Morgan fingerprint density at radius 1 is 1.05 bits per heavy atom. The second-order valence-electron chi connectivity index (χ2n) is 3.90. The molecule has 0 spiro atoms. The summed E-state index contributed by atoms with van der Waals surface area (Å²) >= 11 is 0. The molecule has 1 unspecified atom stereocenters. The molecule has 108 valence electrons. The van der Waals surface area contributed by atoms with E-state index in [0.29, 0.717) is 18.2 Å². The van der Waals surface area contributed by atoms with Gasteiger partial charge in [0.05, 0.1) is 11.7 Å². The summed E-state index contributed by atoms with van der Waals surface area (Å²) in [5.74, 6) is -1.18. The number of benzene rings is 1. The third-order valence-corrected chi connectivity index (χ3v) is 2.38. The summed E-state index contributed by atoms with van der Waals surface area (Å²) in [5.41, 5.74) is -2.02. The standard InChI is InChI=1S/C11H9F7O/c12-8-2-1-6(11(16,17)18)5-7(8)9(19)3-4-10(13,14)15/h1-2,5,9,19H,3-4H2. The predicted molar refractivity (Wildman–Crippen MR) is 51.7 cm³/mol. The smallest absolute Gasteiger partial charge is 0.388 e. The van der Waals surface area contributed by atoms with Gasteiger partial charge < -0.3 is 5.11 Å². The van der Waals surface area contributed by atoms with E-state index in [1.54, 1.807) is 0 Å². The van der Waals surface area contributed by atoms with Crippen LogP contribution in [0.5, 0.6) is 0 Å². The minimum absolute atomic E-state index is 0.316. The van der Waals surface area contributed by atoms with Gasteiger partial charge in [0, 0.05) is 12.0 Å². The molecule has 0 amide bonds. The summed E-state index contributed by atoms with van der Waals surface area (Å²) in [6.45, 7) is 0. The third-order valence-electron chi connectivity index (χ3n) is 2.38. The molecule has 0 saturated carbocycles. The topological polar surface area (TPSA) is 20.2 Å². The fourth-order valence-electron chi connectivity index (χ4n) is 1.43. The maximum Gasteiger partial charge on any atom is 0.416 e. The van der Waals surface area contributed by atoms with Crippen molar-refractivity contribution in [3.05, 3.63) is 35.1 Å². The van der Waals surface area contributed by atoms with Gasteiger partial charge in [-0.3, -0.25) is 0 Å².